The normalized spacial score (nSPS) is 21.6. The zero-order valence-electron chi connectivity index (χ0n) is 10.4. The van der Waals surface area contributed by atoms with E-state index in [1.54, 1.807) is 3.59 Å². The van der Waals surface area contributed by atoms with Crippen molar-refractivity contribution in [3.8, 4) is 11.5 Å². The Kier molecular flexibility index (Phi) is 3.22. The lowest BCUT2D eigenvalue weighted by Gasteiger charge is -2.07. The molecule has 3 rings (SSSR count). The van der Waals surface area contributed by atoms with Gasteiger partial charge in [-0.05, 0) is 19.3 Å². The molecule has 2 heterocycles. The zero-order valence-corrected chi connectivity index (χ0v) is 12.0. The van der Waals surface area contributed by atoms with Crippen molar-refractivity contribution in [3.05, 3.63) is 18.3 Å². The molecule has 0 aromatic carbocycles. The third-order valence-electron chi connectivity index (χ3n) is 3.28. The van der Waals surface area contributed by atoms with E-state index < -0.39 is 0 Å². The minimum absolute atomic E-state index is 0.0238. The third-order valence-corrected chi connectivity index (χ3v) is 3.89. The minimum Gasteiger partial charge on any atom is -0.466 e. The van der Waals surface area contributed by atoms with Crippen LogP contribution in [0.2, 0.25) is 0 Å². The van der Waals surface area contributed by atoms with Gasteiger partial charge in [-0.2, -0.15) is 0 Å². The van der Waals surface area contributed by atoms with E-state index in [0.29, 0.717) is 18.3 Å². The molecular weight excluding hydrogens is 312 g/mol. The predicted molar refractivity (Wildman–Crippen MR) is 70.7 cm³/mol. The summed E-state index contributed by atoms with van der Waals surface area (Å²) in [6, 6.07) is 0. The van der Waals surface area contributed by atoms with Crippen LogP contribution in [0.5, 0.6) is 0 Å². The highest BCUT2D eigenvalue weighted by Crippen LogP contribution is 2.42. The van der Waals surface area contributed by atoms with Gasteiger partial charge in [-0.15, -0.1) is 0 Å². The summed E-state index contributed by atoms with van der Waals surface area (Å²) in [7, 11) is 0. The maximum absolute atomic E-state index is 11.6. The largest absolute Gasteiger partial charge is 0.466 e. The van der Waals surface area contributed by atoms with Crippen molar-refractivity contribution in [2.24, 2.45) is 11.8 Å². The monoisotopic (exact) mass is 324 g/mol. The van der Waals surface area contributed by atoms with E-state index in [2.05, 4.69) is 31.1 Å². The second-order valence-electron chi connectivity index (χ2n) is 4.61. The van der Waals surface area contributed by atoms with Crippen molar-refractivity contribution in [3.63, 3.8) is 0 Å². The highest BCUT2D eigenvalue weighted by atomic mass is 79.9. The van der Waals surface area contributed by atoms with Crippen molar-refractivity contribution in [2.45, 2.75) is 19.8 Å². The molecule has 1 aliphatic carbocycles. The maximum Gasteiger partial charge on any atom is 0.309 e. The lowest BCUT2D eigenvalue weighted by Crippen LogP contribution is -2.10. The first-order chi connectivity index (χ1) is 9.19. The number of nitrogens with zero attached hydrogens (tertiary/aromatic N) is 4. The van der Waals surface area contributed by atoms with E-state index in [0.717, 1.165) is 24.4 Å². The molecule has 0 amide bonds. The number of rotatable bonds is 4. The molecule has 0 radical (unpaired) electrons. The first-order valence-electron chi connectivity index (χ1n) is 6.20. The van der Waals surface area contributed by atoms with Crippen LogP contribution in [0.3, 0.4) is 0 Å². The molecular formula is C12H13BrN4O2. The highest BCUT2D eigenvalue weighted by Gasteiger charge is 2.44. The first kappa shape index (κ1) is 12.5. The summed E-state index contributed by atoms with van der Waals surface area (Å²) >= 11 is 3.42. The van der Waals surface area contributed by atoms with Crippen LogP contribution in [-0.4, -0.2) is 31.1 Å². The van der Waals surface area contributed by atoms with Crippen LogP contribution in [-0.2, 0) is 16.0 Å². The molecule has 0 aromatic heterocycles. The molecule has 19 heavy (non-hydrogen) atoms. The van der Waals surface area contributed by atoms with E-state index >= 15 is 0 Å². The Morgan fingerprint density at radius 1 is 1.58 bits per heavy atom. The van der Waals surface area contributed by atoms with Crippen molar-refractivity contribution < 1.29 is 9.53 Å². The summed E-state index contributed by atoms with van der Waals surface area (Å²) in [5, 5.41) is 0. The van der Waals surface area contributed by atoms with Gasteiger partial charge in [-0.1, -0.05) is 0 Å². The van der Waals surface area contributed by atoms with Crippen LogP contribution in [0.25, 0.3) is 11.5 Å². The van der Waals surface area contributed by atoms with Crippen LogP contribution >= 0.6 is 16.1 Å². The number of carbonyl (C=O) groups is 1. The van der Waals surface area contributed by atoms with Crippen molar-refractivity contribution in [1.82, 2.24) is 18.5 Å². The van der Waals surface area contributed by atoms with Crippen LogP contribution in [0.1, 0.15) is 19.2 Å². The lowest BCUT2D eigenvalue weighted by atomic mass is 10.2. The molecule has 0 bridgehead atoms. The molecule has 0 spiro atoms. The summed E-state index contributed by atoms with van der Waals surface area (Å²) in [5.74, 6) is 1.73. The van der Waals surface area contributed by atoms with E-state index in [9.17, 15) is 4.79 Å². The number of imidazole rings is 1. The van der Waals surface area contributed by atoms with Crippen LogP contribution in [0, 0.1) is 11.8 Å². The standard InChI is InChI=1S/C12H13BrN4O2/c1-2-19-12(18)8-3-7(8)4-10-16-11-9(5-17(10)13)14-6-15-11/h5-8H,2-4H2,1H3. The van der Waals surface area contributed by atoms with Crippen molar-refractivity contribution in [1.29, 1.82) is 0 Å². The second kappa shape index (κ2) is 4.88. The minimum atomic E-state index is -0.0946. The molecule has 0 saturated heterocycles. The Labute approximate surface area is 118 Å². The fourth-order valence-electron chi connectivity index (χ4n) is 2.18. The fraction of sp³-hybridized carbons (Fsp3) is 0.500. The van der Waals surface area contributed by atoms with Gasteiger partial charge < -0.3 is 4.74 Å². The third kappa shape index (κ3) is 2.47. The summed E-state index contributed by atoms with van der Waals surface area (Å²) < 4.78 is 6.79. The summed E-state index contributed by atoms with van der Waals surface area (Å²) in [6.07, 6.45) is 4.94. The number of esters is 1. The molecule has 0 aromatic rings. The molecule has 3 aliphatic rings. The van der Waals surface area contributed by atoms with Gasteiger partial charge in [0.05, 0.1) is 28.7 Å². The molecule has 0 N–H and O–H groups in total. The Morgan fingerprint density at radius 2 is 2.42 bits per heavy atom. The number of hydrogen-bond donors (Lipinski definition) is 0. The molecule has 100 valence electrons. The lowest BCUT2D eigenvalue weighted by molar-refractivity contribution is -0.145. The van der Waals surface area contributed by atoms with Gasteiger partial charge in [-0.3, -0.25) is 8.39 Å². The highest BCUT2D eigenvalue weighted by molar-refractivity contribution is 9.08. The van der Waals surface area contributed by atoms with Gasteiger partial charge in [-0.25, -0.2) is 15.0 Å². The molecule has 1 saturated carbocycles. The van der Waals surface area contributed by atoms with E-state index in [1.807, 2.05) is 13.1 Å². The van der Waals surface area contributed by atoms with Gasteiger partial charge >= 0.3 is 5.97 Å². The predicted octanol–water partition coefficient (Wildman–Crippen LogP) is 1.68. The average molecular weight is 325 g/mol. The van der Waals surface area contributed by atoms with Gasteiger partial charge in [0.2, 0.25) is 0 Å². The number of halogens is 1. The fourth-order valence-corrected chi connectivity index (χ4v) is 2.60. The van der Waals surface area contributed by atoms with Crippen LogP contribution in [0.4, 0.5) is 0 Å². The van der Waals surface area contributed by atoms with Crippen LogP contribution in [0.15, 0.2) is 12.5 Å². The number of aromatic nitrogens is 4. The molecule has 2 atom stereocenters. The van der Waals surface area contributed by atoms with E-state index in [1.165, 1.54) is 6.33 Å². The van der Waals surface area contributed by atoms with Gasteiger partial charge in [0, 0.05) is 12.6 Å². The van der Waals surface area contributed by atoms with E-state index in [-0.39, 0.29) is 11.9 Å². The molecule has 2 aliphatic heterocycles. The second-order valence-corrected chi connectivity index (χ2v) is 5.37. The quantitative estimate of drug-likeness (QED) is 0.800. The molecule has 1 fully saturated rings. The van der Waals surface area contributed by atoms with Crippen molar-refractivity contribution >= 4 is 22.1 Å². The molecule has 6 nitrogen and oxygen atoms in total. The average Bonchev–Trinajstić information content (AvgIpc) is 3.00. The zero-order chi connectivity index (χ0) is 13.4. The summed E-state index contributed by atoms with van der Waals surface area (Å²) in [4.78, 5) is 24.2. The SMILES string of the molecule is CCOC(=O)C1CC1Cc1nc2ncnc-2cn1Br. The van der Waals surface area contributed by atoms with Crippen LogP contribution < -0.4 is 0 Å². The first-order valence-corrected chi connectivity index (χ1v) is 6.91. The maximum atomic E-state index is 11.6. The summed E-state index contributed by atoms with van der Waals surface area (Å²) in [6.45, 7) is 2.26. The number of hydrogen-bond acceptors (Lipinski definition) is 5. The van der Waals surface area contributed by atoms with Crippen molar-refractivity contribution in [2.75, 3.05) is 6.61 Å². The Balaban J connectivity index is 1.72. The Bertz CT molecular complexity index is 585. The molecule has 2 unspecified atom stereocenters. The number of carbonyl (C=O) groups excluding carboxylic acids is 1. The van der Waals surface area contributed by atoms with Gasteiger partial charge in [0.15, 0.2) is 5.82 Å². The summed E-state index contributed by atoms with van der Waals surface area (Å²) in [5.41, 5.74) is 0.748. The Morgan fingerprint density at radius 3 is 3.21 bits per heavy atom. The van der Waals surface area contributed by atoms with Gasteiger partial charge in [0.25, 0.3) is 0 Å². The smallest absolute Gasteiger partial charge is 0.309 e. The number of ether oxygens (including phenoxy) is 1. The topological polar surface area (TPSA) is 69.9 Å². The van der Waals surface area contributed by atoms with Gasteiger partial charge in [0.1, 0.15) is 17.8 Å². The molecule has 7 heteroatoms. The van der Waals surface area contributed by atoms with E-state index in [4.69, 9.17) is 4.74 Å². The number of fused-ring (bicyclic) bond motifs is 1. The Hall–Kier alpha value is -1.50.